The number of piperazine rings is 1. The molecule has 1 aromatic heterocycles. The molecular formula is C16H19BrN2S. The van der Waals surface area contributed by atoms with Crippen molar-refractivity contribution in [2.75, 3.05) is 31.1 Å². The zero-order valence-corrected chi connectivity index (χ0v) is 14.0. The molecule has 0 bridgehead atoms. The maximum absolute atomic E-state index is 3.53. The summed E-state index contributed by atoms with van der Waals surface area (Å²) < 4.78 is 1.14. The van der Waals surface area contributed by atoms with Crippen molar-refractivity contribution in [3.63, 3.8) is 0 Å². The van der Waals surface area contributed by atoms with Crippen LogP contribution in [0.2, 0.25) is 0 Å². The Hall–Kier alpha value is -0.840. The van der Waals surface area contributed by atoms with E-state index in [0.29, 0.717) is 6.04 Å². The molecule has 0 aliphatic carbocycles. The van der Waals surface area contributed by atoms with Crippen molar-refractivity contribution in [1.29, 1.82) is 0 Å². The molecule has 0 saturated carbocycles. The van der Waals surface area contributed by atoms with Crippen LogP contribution in [0.3, 0.4) is 0 Å². The zero-order valence-electron chi connectivity index (χ0n) is 11.6. The molecule has 1 aromatic carbocycles. The second-order valence-corrected chi connectivity index (χ2v) is 6.83. The summed E-state index contributed by atoms with van der Waals surface area (Å²) in [6.45, 7) is 6.74. The molecule has 0 radical (unpaired) electrons. The van der Waals surface area contributed by atoms with Gasteiger partial charge in [0.2, 0.25) is 0 Å². The van der Waals surface area contributed by atoms with E-state index in [9.17, 15) is 0 Å². The van der Waals surface area contributed by atoms with Gasteiger partial charge in [0, 0.05) is 35.2 Å². The molecule has 1 atom stereocenters. The molecule has 2 aromatic rings. The third-order valence-corrected chi connectivity index (χ3v) is 5.20. The molecule has 0 amide bonds. The van der Waals surface area contributed by atoms with Crippen LogP contribution in [0, 0.1) is 0 Å². The van der Waals surface area contributed by atoms with E-state index in [1.807, 2.05) is 0 Å². The number of anilines is 1. The molecule has 1 fully saturated rings. The van der Waals surface area contributed by atoms with E-state index in [4.69, 9.17) is 0 Å². The molecule has 4 heteroatoms. The summed E-state index contributed by atoms with van der Waals surface area (Å²) in [4.78, 5) is 5.08. The van der Waals surface area contributed by atoms with Gasteiger partial charge in [-0.3, -0.25) is 4.90 Å². The van der Waals surface area contributed by atoms with Crippen molar-refractivity contribution in [3.8, 4) is 0 Å². The van der Waals surface area contributed by atoms with Crippen LogP contribution >= 0.6 is 27.3 Å². The Labute approximate surface area is 133 Å². The van der Waals surface area contributed by atoms with Gasteiger partial charge in [-0.05, 0) is 35.7 Å². The van der Waals surface area contributed by atoms with Crippen LogP contribution in [0.4, 0.5) is 5.69 Å². The molecule has 3 rings (SSSR count). The number of hydrogen-bond donors (Lipinski definition) is 0. The lowest BCUT2D eigenvalue weighted by atomic mass is 10.0. The Morgan fingerprint density at radius 3 is 2.65 bits per heavy atom. The van der Waals surface area contributed by atoms with E-state index in [0.717, 1.165) is 30.7 Å². The third-order valence-electron chi connectivity index (χ3n) is 4.00. The van der Waals surface area contributed by atoms with Gasteiger partial charge in [0.05, 0.1) is 6.04 Å². The zero-order chi connectivity index (χ0) is 13.9. The minimum atomic E-state index is 0.450. The van der Waals surface area contributed by atoms with E-state index >= 15 is 0 Å². The number of rotatable bonds is 3. The lowest BCUT2D eigenvalue weighted by Crippen LogP contribution is -2.48. The molecular weight excluding hydrogens is 332 g/mol. The third kappa shape index (κ3) is 2.92. The fourth-order valence-corrected chi connectivity index (χ4v) is 3.74. The van der Waals surface area contributed by atoms with Crippen LogP contribution in [-0.2, 0) is 0 Å². The van der Waals surface area contributed by atoms with Crippen molar-refractivity contribution < 1.29 is 0 Å². The van der Waals surface area contributed by atoms with E-state index in [1.165, 1.54) is 11.3 Å². The number of likely N-dealkylation sites (N-methyl/N-ethyl adjacent to an activating group) is 1. The molecule has 0 N–H and O–H groups in total. The monoisotopic (exact) mass is 350 g/mol. The number of hydrogen-bond acceptors (Lipinski definition) is 3. The summed E-state index contributed by atoms with van der Waals surface area (Å²) >= 11 is 5.30. The molecule has 1 unspecified atom stereocenters. The summed E-state index contributed by atoms with van der Waals surface area (Å²) in [6, 6.07) is 11.5. The topological polar surface area (TPSA) is 6.48 Å². The largest absolute Gasteiger partial charge is 0.361 e. The number of halogens is 1. The standard InChI is InChI=1S/C16H19BrN2S/c1-2-18-8-9-19(15-7-10-20-12-15)16(11-18)13-3-5-14(17)6-4-13/h3-7,10,12,16H,2,8-9,11H2,1H3. The Kier molecular flexibility index (Phi) is 4.44. The number of benzene rings is 1. The van der Waals surface area contributed by atoms with E-state index in [1.54, 1.807) is 11.3 Å². The first kappa shape index (κ1) is 14.1. The van der Waals surface area contributed by atoms with E-state index in [-0.39, 0.29) is 0 Å². The highest BCUT2D eigenvalue weighted by molar-refractivity contribution is 9.10. The van der Waals surface area contributed by atoms with Crippen LogP contribution in [0.25, 0.3) is 0 Å². The first-order chi connectivity index (χ1) is 9.78. The number of nitrogens with zero attached hydrogens (tertiary/aromatic N) is 2. The summed E-state index contributed by atoms with van der Waals surface area (Å²) in [5.41, 5.74) is 2.76. The lowest BCUT2D eigenvalue weighted by molar-refractivity contribution is 0.234. The van der Waals surface area contributed by atoms with Gasteiger partial charge < -0.3 is 4.90 Å². The second kappa shape index (κ2) is 6.29. The van der Waals surface area contributed by atoms with Crippen LogP contribution in [0.1, 0.15) is 18.5 Å². The van der Waals surface area contributed by atoms with Crippen molar-refractivity contribution in [2.24, 2.45) is 0 Å². The Balaban J connectivity index is 1.90. The van der Waals surface area contributed by atoms with Gasteiger partial charge in [-0.15, -0.1) is 0 Å². The quantitative estimate of drug-likeness (QED) is 0.809. The van der Waals surface area contributed by atoms with E-state index < -0.39 is 0 Å². The Morgan fingerprint density at radius 1 is 1.20 bits per heavy atom. The lowest BCUT2D eigenvalue weighted by Gasteiger charge is -2.42. The average Bonchev–Trinajstić information content (AvgIpc) is 3.01. The van der Waals surface area contributed by atoms with Gasteiger partial charge >= 0.3 is 0 Å². The molecule has 106 valence electrons. The highest BCUT2D eigenvalue weighted by Crippen LogP contribution is 2.32. The van der Waals surface area contributed by atoms with Crippen LogP contribution < -0.4 is 4.90 Å². The molecule has 0 spiro atoms. The first-order valence-corrected chi connectivity index (χ1v) is 8.78. The first-order valence-electron chi connectivity index (χ1n) is 7.04. The summed E-state index contributed by atoms with van der Waals surface area (Å²) in [5, 5.41) is 4.42. The van der Waals surface area contributed by atoms with Crippen LogP contribution in [0.5, 0.6) is 0 Å². The van der Waals surface area contributed by atoms with Gasteiger partial charge in [0.25, 0.3) is 0 Å². The van der Waals surface area contributed by atoms with E-state index in [2.05, 4.69) is 73.7 Å². The molecule has 20 heavy (non-hydrogen) atoms. The molecule has 1 aliphatic rings. The smallest absolute Gasteiger partial charge is 0.0670 e. The predicted octanol–water partition coefficient (Wildman–Crippen LogP) is 4.39. The van der Waals surface area contributed by atoms with Crippen LogP contribution in [0.15, 0.2) is 45.6 Å². The van der Waals surface area contributed by atoms with Crippen molar-refractivity contribution in [2.45, 2.75) is 13.0 Å². The predicted molar refractivity (Wildman–Crippen MR) is 90.7 cm³/mol. The average molecular weight is 351 g/mol. The van der Waals surface area contributed by atoms with Crippen LogP contribution in [-0.4, -0.2) is 31.1 Å². The normalized spacial score (nSPS) is 20.3. The highest BCUT2D eigenvalue weighted by Gasteiger charge is 2.27. The highest BCUT2D eigenvalue weighted by atomic mass is 79.9. The SMILES string of the molecule is CCN1CCN(c2ccsc2)C(c2ccc(Br)cc2)C1. The summed E-state index contributed by atoms with van der Waals surface area (Å²) in [7, 11) is 0. The van der Waals surface area contributed by atoms with Crippen molar-refractivity contribution >= 4 is 33.0 Å². The van der Waals surface area contributed by atoms with Gasteiger partial charge in [-0.2, -0.15) is 11.3 Å². The van der Waals surface area contributed by atoms with Gasteiger partial charge in [-0.25, -0.2) is 0 Å². The van der Waals surface area contributed by atoms with Crippen molar-refractivity contribution in [1.82, 2.24) is 4.90 Å². The minimum Gasteiger partial charge on any atom is -0.361 e. The summed E-state index contributed by atoms with van der Waals surface area (Å²) in [6.07, 6.45) is 0. The van der Waals surface area contributed by atoms with Gasteiger partial charge in [0.15, 0.2) is 0 Å². The van der Waals surface area contributed by atoms with Crippen molar-refractivity contribution in [3.05, 3.63) is 51.1 Å². The Bertz CT molecular complexity index is 538. The van der Waals surface area contributed by atoms with Gasteiger partial charge in [0.1, 0.15) is 0 Å². The fourth-order valence-electron chi connectivity index (χ4n) is 2.83. The van der Waals surface area contributed by atoms with Gasteiger partial charge in [-0.1, -0.05) is 35.0 Å². The number of thiophene rings is 1. The fraction of sp³-hybridized carbons (Fsp3) is 0.375. The summed E-state index contributed by atoms with van der Waals surface area (Å²) in [5.74, 6) is 0. The maximum Gasteiger partial charge on any atom is 0.0670 e. The molecule has 2 heterocycles. The minimum absolute atomic E-state index is 0.450. The molecule has 1 aliphatic heterocycles. The molecule has 1 saturated heterocycles. The molecule has 2 nitrogen and oxygen atoms in total. The Morgan fingerprint density at radius 2 is 2.00 bits per heavy atom. The second-order valence-electron chi connectivity index (χ2n) is 5.14. The maximum atomic E-state index is 3.53.